The van der Waals surface area contributed by atoms with Crippen LogP contribution in [-0.4, -0.2) is 28.9 Å². The lowest BCUT2D eigenvalue weighted by Gasteiger charge is -2.31. The van der Waals surface area contributed by atoms with E-state index in [1.165, 1.54) is 0 Å². The van der Waals surface area contributed by atoms with Gasteiger partial charge < -0.3 is 10.6 Å². The number of nitrogens with zero attached hydrogens (tertiary/aromatic N) is 1. The lowest BCUT2D eigenvalue weighted by molar-refractivity contribution is 0.0710. The van der Waals surface area contributed by atoms with Crippen LogP contribution in [0.4, 0.5) is 0 Å². The zero-order chi connectivity index (χ0) is 13.1. The SMILES string of the molecule is NC(=S)C1CCN(C(=O)c2cccc(Cl)c2)CC1. The Balaban J connectivity index is 2.02. The second kappa shape index (κ2) is 5.67. The van der Waals surface area contributed by atoms with Crippen LogP contribution in [0.5, 0.6) is 0 Å². The molecule has 5 heteroatoms. The average Bonchev–Trinajstić information content (AvgIpc) is 2.38. The topological polar surface area (TPSA) is 46.3 Å². The van der Waals surface area contributed by atoms with Crippen molar-refractivity contribution in [3.8, 4) is 0 Å². The van der Waals surface area contributed by atoms with E-state index in [1.807, 2.05) is 4.90 Å². The van der Waals surface area contributed by atoms with Gasteiger partial charge in [0.1, 0.15) is 0 Å². The van der Waals surface area contributed by atoms with Crippen LogP contribution in [-0.2, 0) is 0 Å². The van der Waals surface area contributed by atoms with Crippen LogP contribution >= 0.6 is 23.8 Å². The number of hydrogen-bond acceptors (Lipinski definition) is 2. The summed E-state index contributed by atoms with van der Waals surface area (Å²) in [6.07, 6.45) is 1.70. The van der Waals surface area contributed by atoms with Crippen LogP contribution in [0.15, 0.2) is 24.3 Å². The van der Waals surface area contributed by atoms with Gasteiger partial charge in [0, 0.05) is 29.6 Å². The minimum Gasteiger partial charge on any atom is -0.393 e. The largest absolute Gasteiger partial charge is 0.393 e. The number of amides is 1. The third-order valence-corrected chi connectivity index (χ3v) is 3.82. The lowest BCUT2D eigenvalue weighted by atomic mass is 9.96. The first-order valence-corrected chi connectivity index (χ1v) is 6.70. The minimum atomic E-state index is 0.0267. The van der Waals surface area contributed by atoms with E-state index in [9.17, 15) is 4.79 Å². The highest BCUT2D eigenvalue weighted by Gasteiger charge is 2.24. The highest BCUT2D eigenvalue weighted by atomic mass is 35.5. The van der Waals surface area contributed by atoms with E-state index < -0.39 is 0 Å². The molecule has 0 spiro atoms. The molecular formula is C13H15ClN2OS. The smallest absolute Gasteiger partial charge is 0.253 e. The average molecular weight is 283 g/mol. The summed E-state index contributed by atoms with van der Waals surface area (Å²) in [4.78, 5) is 14.6. The highest BCUT2D eigenvalue weighted by Crippen LogP contribution is 2.20. The van der Waals surface area contributed by atoms with Crippen molar-refractivity contribution >= 4 is 34.7 Å². The molecule has 1 saturated heterocycles. The van der Waals surface area contributed by atoms with Gasteiger partial charge in [0.25, 0.3) is 5.91 Å². The molecule has 1 heterocycles. The Bertz CT molecular complexity index is 470. The van der Waals surface area contributed by atoms with E-state index in [1.54, 1.807) is 24.3 Å². The van der Waals surface area contributed by atoms with Crippen molar-refractivity contribution in [1.29, 1.82) is 0 Å². The molecule has 1 aromatic carbocycles. The first-order valence-electron chi connectivity index (χ1n) is 5.92. The second-order valence-corrected chi connectivity index (χ2v) is 5.39. The van der Waals surface area contributed by atoms with Crippen molar-refractivity contribution < 1.29 is 4.79 Å². The molecule has 0 aliphatic carbocycles. The number of carbonyl (C=O) groups is 1. The Morgan fingerprint density at radius 2 is 2.06 bits per heavy atom. The second-order valence-electron chi connectivity index (χ2n) is 4.48. The predicted molar refractivity (Wildman–Crippen MR) is 76.9 cm³/mol. The van der Waals surface area contributed by atoms with Crippen molar-refractivity contribution in [2.75, 3.05) is 13.1 Å². The molecule has 0 radical (unpaired) electrons. The number of likely N-dealkylation sites (tertiary alicyclic amines) is 1. The Kier molecular flexibility index (Phi) is 4.19. The van der Waals surface area contributed by atoms with Crippen molar-refractivity contribution in [2.24, 2.45) is 11.7 Å². The van der Waals surface area contributed by atoms with Crippen molar-refractivity contribution in [3.05, 3.63) is 34.9 Å². The fourth-order valence-electron chi connectivity index (χ4n) is 2.17. The maximum atomic E-state index is 12.2. The van der Waals surface area contributed by atoms with Gasteiger partial charge >= 0.3 is 0 Å². The van der Waals surface area contributed by atoms with Crippen molar-refractivity contribution in [3.63, 3.8) is 0 Å². The third kappa shape index (κ3) is 3.00. The summed E-state index contributed by atoms with van der Waals surface area (Å²) in [5, 5.41) is 0.582. The van der Waals surface area contributed by atoms with Crippen LogP contribution in [0, 0.1) is 5.92 Å². The summed E-state index contributed by atoms with van der Waals surface area (Å²) in [5.41, 5.74) is 6.27. The number of benzene rings is 1. The molecule has 3 nitrogen and oxygen atoms in total. The molecule has 1 aliphatic heterocycles. The summed E-state index contributed by atoms with van der Waals surface area (Å²) in [5.74, 6) is 0.294. The van der Waals surface area contributed by atoms with Gasteiger partial charge in [-0.3, -0.25) is 4.79 Å². The van der Waals surface area contributed by atoms with Gasteiger partial charge in [-0.2, -0.15) is 0 Å². The quantitative estimate of drug-likeness (QED) is 0.848. The number of piperidine rings is 1. The van der Waals surface area contributed by atoms with Gasteiger partial charge in [0.15, 0.2) is 0 Å². The van der Waals surface area contributed by atoms with Crippen LogP contribution in [0.2, 0.25) is 5.02 Å². The highest BCUT2D eigenvalue weighted by molar-refractivity contribution is 7.80. The van der Waals surface area contributed by atoms with E-state index in [0.29, 0.717) is 28.7 Å². The molecule has 0 unspecified atom stereocenters. The molecule has 96 valence electrons. The molecule has 2 N–H and O–H groups in total. The van der Waals surface area contributed by atoms with Crippen molar-refractivity contribution in [2.45, 2.75) is 12.8 Å². The maximum absolute atomic E-state index is 12.2. The van der Waals surface area contributed by atoms with E-state index in [0.717, 1.165) is 12.8 Å². The molecule has 1 fully saturated rings. The van der Waals surface area contributed by atoms with Gasteiger partial charge in [0.2, 0.25) is 0 Å². The molecule has 2 rings (SSSR count). The van der Waals surface area contributed by atoms with Crippen molar-refractivity contribution in [1.82, 2.24) is 4.90 Å². The number of halogens is 1. The zero-order valence-electron chi connectivity index (χ0n) is 9.93. The van der Waals surface area contributed by atoms with Crippen LogP contribution in [0.25, 0.3) is 0 Å². The molecular weight excluding hydrogens is 268 g/mol. The maximum Gasteiger partial charge on any atom is 0.253 e. The molecule has 1 amide bonds. The summed E-state index contributed by atoms with van der Waals surface area (Å²) >= 11 is 10.9. The molecule has 1 aromatic rings. The summed E-state index contributed by atoms with van der Waals surface area (Å²) in [6.45, 7) is 1.40. The Morgan fingerprint density at radius 1 is 1.39 bits per heavy atom. The van der Waals surface area contributed by atoms with Crippen LogP contribution in [0.3, 0.4) is 0 Å². The molecule has 0 saturated carbocycles. The number of rotatable bonds is 2. The number of hydrogen-bond donors (Lipinski definition) is 1. The van der Waals surface area contributed by atoms with E-state index in [-0.39, 0.29) is 11.8 Å². The fourth-order valence-corrected chi connectivity index (χ4v) is 2.60. The summed E-state index contributed by atoms with van der Waals surface area (Å²) in [6, 6.07) is 7.03. The van der Waals surface area contributed by atoms with Gasteiger partial charge in [-0.15, -0.1) is 0 Å². The van der Waals surface area contributed by atoms with Gasteiger partial charge in [-0.05, 0) is 31.0 Å². The number of carbonyl (C=O) groups excluding carboxylic acids is 1. The Labute approximate surface area is 117 Å². The van der Waals surface area contributed by atoms with Gasteiger partial charge in [-0.25, -0.2) is 0 Å². The predicted octanol–water partition coefficient (Wildman–Crippen LogP) is 2.48. The summed E-state index contributed by atoms with van der Waals surface area (Å²) < 4.78 is 0. The van der Waals surface area contributed by atoms with Gasteiger partial charge in [0.05, 0.1) is 4.99 Å². The first-order chi connectivity index (χ1) is 8.58. The Hall–Kier alpha value is -1.13. The van der Waals surface area contributed by atoms with Crippen LogP contribution in [0.1, 0.15) is 23.2 Å². The minimum absolute atomic E-state index is 0.0267. The molecule has 0 bridgehead atoms. The number of nitrogens with two attached hydrogens (primary N) is 1. The molecule has 0 atom stereocenters. The molecule has 1 aliphatic rings. The monoisotopic (exact) mass is 282 g/mol. The zero-order valence-corrected chi connectivity index (χ0v) is 11.5. The van der Waals surface area contributed by atoms with E-state index >= 15 is 0 Å². The van der Waals surface area contributed by atoms with E-state index in [4.69, 9.17) is 29.6 Å². The van der Waals surface area contributed by atoms with Gasteiger partial charge in [-0.1, -0.05) is 29.9 Å². The normalized spacial score (nSPS) is 16.6. The van der Waals surface area contributed by atoms with Crippen LogP contribution < -0.4 is 5.73 Å². The third-order valence-electron chi connectivity index (χ3n) is 3.26. The lowest BCUT2D eigenvalue weighted by Crippen LogP contribution is -2.41. The summed E-state index contributed by atoms with van der Waals surface area (Å²) in [7, 11) is 0. The fraction of sp³-hybridized carbons (Fsp3) is 0.385. The molecule has 18 heavy (non-hydrogen) atoms. The molecule has 0 aromatic heterocycles. The Morgan fingerprint density at radius 3 is 2.61 bits per heavy atom. The van der Waals surface area contributed by atoms with E-state index in [2.05, 4.69) is 0 Å². The number of thiocarbonyl (C=S) groups is 1. The first kappa shape index (κ1) is 13.3. The standard InChI is InChI=1S/C13H15ClN2OS/c14-11-3-1-2-10(8-11)13(17)16-6-4-9(5-7-16)12(15)18/h1-3,8-9H,4-7H2,(H2,15,18).